The Labute approximate surface area is 519 Å². The van der Waals surface area contributed by atoms with Crippen molar-refractivity contribution in [1.82, 2.24) is 0 Å². The number of benzene rings is 13. The first-order valence-electron chi connectivity index (χ1n) is 30.4. The van der Waals surface area contributed by atoms with Crippen LogP contribution in [-0.4, -0.2) is 0 Å². The standard InChI is InChI=1S/C84H70N4/c1-59-15-39-69(40-16-59)85(70-41-17-60(2)18-42-70)73-51-31-65(32-52-73)27-29-67-35-55-77(56-36-67)87(75-47-23-63(5)24-48-75)83-79-11-7-9-13-81(79)84(82-14-10-8-12-80(82)83)88(76-49-25-64(6)26-50-76)78-57-37-68(38-58-78)30-28-66-33-53-74(54-34-66)86(71-43-19-61(3)20-44-71)72-45-21-62(4)22-46-72/h7-58H,1-6H3. The summed E-state index contributed by atoms with van der Waals surface area (Å²) in [5.74, 6) is 0. The van der Waals surface area contributed by atoms with E-state index in [1.54, 1.807) is 0 Å². The molecule has 88 heavy (non-hydrogen) atoms. The molecular formula is C84H70N4. The fraction of sp³-hybridized carbons (Fsp3) is 0.0714. The van der Waals surface area contributed by atoms with E-state index in [1.807, 2.05) is 0 Å². The van der Waals surface area contributed by atoms with Gasteiger partial charge in [0.05, 0.1) is 11.4 Å². The molecule has 0 radical (unpaired) electrons. The van der Waals surface area contributed by atoms with E-state index in [4.69, 9.17) is 0 Å². The van der Waals surface area contributed by atoms with Gasteiger partial charge in [0, 0.05) is 78.4 Å². The highest BCUT2D eigenvalue weighted by atomic mass is 15.2. The molecule has 0 N–H and O–H groups in total. The first kappa shape index (κ1) is 56.2. The van der Waals surface area contributed by atoms with Crippen LogP contribution in [0, 0.1) is 41.5 Å². The summed E-state index contributed by atoms with van der Waals surface area (Å²) in [6, 6.07) is 106. The minimum absolute atomic E-state index is 1.07. The SMILES string of the molecule is Cc1ccc(N(c2ccc(C)cc2)c2ccc(C=Cc3ccc(N(c4ccc(C)cc4)c4c5ccccc5c(N(c5ccc(C)cc5)c5ccc(C=Cc6ccc(N(c7ccc(C)cc7)c7ccc(C)cc7)cc6)cc5)c5ccccc45)cc3)cc2)cc1. The van der Waals surface area contributed by atoms with Crippen LogP contribution >= 0.6 is 0 Å². The number of hydrogen-bond donors (Lipinski definition) is 0. The predicted molar refractivity (Wildman–Crippen MR) is 379 cm³/mol. The van der Waals surface area contributed by atoms with E-state index in [0.29, 0.717) is 0 Å². The molecule has 13 aromatic carbocycles. The molecule has 13 aromatic rings. The maximum Gasteiger partial charge on any atom is 0.0619 e. The molecule has 0 bridgehead atoms. The number of aryl methyl sites for hydroxylation is 6. The van der Waals surface area contributed by atoms with Gasteiger partial charge in [0.2, 0.25) is 0 Å². The van der Waals surface area contributed by atoms with Gasteiger partial charge in [0.25, 0.3) is 0 Å². The third-order valence-electron chi connectivity index (χ3n) is 16.6. The van der Waals surface area contributed by atoms with Crippen LogP contribution in [0.2, 0.25) is 0 Å². The van der Waals surface area contributed by atoms with Crippen molar-refractivity contribution in [2.45, 2.75) is 41.5 Å². The Morgan fingerprint density at radius 1 is 0.170 bits per heavy atom. The molecule has 426 valence electrons. The number of anilines is 12. The molecule has 4 heteroatoms. The molecule has 0 saturated heterocycles. The smallest absolute Gasteiger partial charge is 0.0619 e. The van der Waals surface area contributed by atoms with Crippen molar-refractivity contribution >= 4 is 114 Å². The van der Waals surface area contributed by atoms with Crippen LogP contribution in [-0.2, 0) is 0 Å². The highest BCUT2D eigenvalue weighted by Gasteiger charge is 2.26. The van der Waals surface area contributed by atoms with Crippen LogP contribution < -0.4 is 19.6 Å². The van der Waals surface area contributed by atoms with Crippen molar-refractivity contribution in [2.24, 2.45) is 0 Å². The summed E-state index contributed by atoms with van der Waals surface area (Å²) in [6.07, 6.45) is 8.83. The van der Waals surface area contributed by atoms with Crippen LogP contribution in [0.15, 0.2) is 291 Å². The second kappa shape index (κ2) is 24.9. The molecule has 0 atom stereocenters. The van der Waals surface area contributed by atoms with Crippen LogP contribution in [0.1, 0.15) is 55.6 Å². The maximum atomic E-state index is 2.45. The van der Waals surface area contributed by atoms with E-state index in [2.05, 4.69) is 377 Å². The lowest BCUT2D eigenvalue weighted by Gasteiger charge is -2.33. The largest absolute Gasteiger partial charge is 0.311 e. The van der Waals surface area contributed by atoms with Gasteiger partial charge in [-0.2, -0.15) is 0 Å². The highest BCUT2D eigenvalue weighted by molar-refractivity contribution is 6.23. The molecule has 0 aromatic heterocycles. The van der Waals surface area contributed by atoms with E-state index in [9.17, 15) is 0 Å². The fourth-order valence-corrected chi connectivity index (χ4v) is 11.8. The average molecular weight is 1140 g/mol. The van der Waals surface area contributed by atoms with E-state index in [1.165, 1.54) is 33.4 Å². The minimum Gasteiger partial charge on any atom is -0.311 e. The lowest BCUT2D eigenvalue weighted by molar-refractivity contribution is 1.27. The quantitative estimate of drug-likeness (QED) is 0.0543. The van der Waals surface area contributed by atoms with E-state index in [-0.39, 0.29) is 0 Å². The molecule has 0 aliphatic rings. The van der Waals surface area contributed by atoms with Crippen molar-refractivity contribution < 1.29 is 0 Å². The lowest BCUT2D eigenvalue weighted by atomic mass is 9.95. The minimum atomic E-state index is 1.07. The summed E-state index contributed by atoms with van der Waals surface area (Å²) >= 11 is 0. The van der Waals surface area contributed by atoms with Gasteiger partial charge in [-0.25, -0.2) is 0 Å². The Morgan fingerprint density at radius 2 is 0.318 bits per heavy atom. The zero-order chi connectivity index (χ0) is 60.1. The first-order chi connectivity index (χ1) is 43.1. The first-order valence-corrected chi connectivity index (χ1v) is 30.4. The van der Waals surface area contributed by atoms with Crippen LogP contribution in [0.25, 0.3) is 45.8 Å². The number of nitrogens with zero attached hydrogens (tertiary/aromatic N) is 4. The summed E-state index contributed by atoms with van der Waals surface area (Å²) in [5, 5.41) is 4.60. The van der Waals surface area contributed by atoms with Gasteiger partial charge in [-0.1, -0.05) is 228 Å². The number of hydrogen-bond acceptors (Lipinski definition) is 4. The summed E-state index contributed by atoms with van der Waals surface area (Å²) in [7, 11) is 0. The summed E-state index contributed by atoms with van der Waals surface area (Å²) < 4.78 is 0. The third kappa shape index (κ3) is 12.0. The lowest BCUT2D eigenvalue weighted by Crippen LogP contribution is -2.14. The summed E-state index contributed by atoms with van der Waals surface area (Å²) in [6.45, 7) is 12.8. The number of fused-ring (bicyclic) bond motifs is 2. The Bertz CT molecular complexity index is 4140. The maximum absolute atomic E-state index is 2.45. The molecule has 0 saturated carbocycles. The van der Waals surface area contributed by atoms with E-state index >= 15 is 0 Å². The van der Waals surface area contributed by atoms with Crippen molar-refractivity contribution in [1.29, 1.82) is 0 Å². The normalized spacial score (nSPS) is 11.4. The molecule has 0 heterocycles. The van der Waals surface area contributed by atoms with Gasteiger partial charge >= 0.3 is 0 Å². The van der Waals surface area contributed by atoms with Gasteiger partial charge in [-0.3, -0.25) is 0 Å². The Balaban J connectivity index is 0.828. The molecule has 0 amide bonds. The summed E-state index contributed by atoms with van der Waals surface area (Å²) in [4.78, 5) is 9.53. The zero-order valence-corrected chi connectivity index (χ0v) is 50.8. The van der Waals surface area contributed by atoms with Gasteiger partial charge in [-0.05, 0) is 185 Å². The third-order valence-corrected chi connectivity index (χ3v) is 16.6. The van der Waals surface area contributed by atoms with Gasteiger partial charge in [0.15, 0.2) is 0 Å². The van der Waals surface area contributed by atoms with E-state index in [0.717, 1.165) is 112 Å². The van der Waals surface area contributed by atoms with Crippen molar-refractivity contribution in [3.05, 3.63) is 347 Å². The molecule has 0 unspecified atom stereocenters. The monoisotopic (exact) mass is 1130 g/mol. The van der Waals surface area contributed by atoms with Crippen molar-refractivity contribution in [3.8, 4) is 0 Å². The van der Waals surface area contributed by atoms with Crippen LogP contribution in [0.3, 0.4) is 0 Å². The topological polar surface area (TPSA) is 13.0 Å². The van der Waals surface area contributed by atoms with Crippen LogP contribution in [0.5, 0.6) is 0 Å². The fourth-order valence-electron chi connectivity index (χ4n) is 11.8. The second-order valence-electron chi connectivity index (χ2n) is 23.2. The molecule has 0 fully saturated rings. The molecule has 0 spiro atoms. The Hall–Kier alpha value is -10.9. The molecule has 13 rings (SSSR count). The molecule has 0 aliphatic heterocycles. The van der Waals surface area contributed by atoms with Gasteiger partial charge in [0.1, 0.15) is 0 Å². The van der Waals surface area contributed by atoms with E-state index < -0.39 is 0 Å². The molecular weight excluding hydrogens is 1060 g/mol. The Morgan fingerprint density at radius 3 is 0.489 bits per heavy atom. The highest BCUT2D eigenvalue weighted by Crippen LogP contribution is 2.51. The van der Waals surface area contributed by atoms with Crippen LogP contribution in [0.4, 0.5) is 68.2 Å². The number of rotatable bonds is 16. The predicted octanol–water partition coefficient (Wildman–Crippen LogP) is 24.1. The van der Waals surface area contributed by atoms with Crippen molar-refractivity contribution in [2.75, 3.05) is 19.6 Å². The summed E-state index contributed by atoms with van der Waals surface area (Å²) in [5.41, 5.74) is 25.2. The molecule has 4 nitrogen and oxygen atoms in total. The molecule has 0 aliphatic carbocycles. The van der Waals surface area contributed by atoms with Gasteiger partial charge < -0.3 is 19.6 Å². The Kier molecular flexibility index (Phi) is 15.9. The zero-order valence-electron chi connectivity index (χ0n) is 50.8. The van der Waals surface area contributed by atoms with Gasteiger partial charge in [-0.15, -0.1) is 0 Å². The van der Waals surface area contributed by atoms with Crippen molar-refractivity contribution in [3.63, 3.8) is 0 Å². The second-order valence-corrected chi connectivity index (χ2v) is 23.2. The average Bonchev–Trinajstić information content (AvgIpc) is 0.868.